The van der Waals surface area contributed by atoms with Crippen LogP contribution in [0.25, 0.3) is 10.6 Å². The van der Waals surface area contributed by atoms with Gasteiger partial charge in [0.05, 0.1) is 0 Å². The molecule has 0 aliphatic rings. The predicted molar refractivity (Wildman–Crippen MR) is 74.5 cm³/mol. The molecule has 1 N–H and O–H groups in total. The van der Waals surface area contributed by atoms with E-state index in [0.29, 0.717) is 0 Å². The van der Waals surface area contributed by atoms with Crippen LogP contribution in [0.3, 0.4) is 0 Å². The van der Waals surface area contributed by atoms with Crippen LogP contribution >= 0.6 is 11.3 Å². The van der Waals surface area contributed by atoms with Crippen LogP contribution in [0, 0.1) is 20.8 Å². The lowest BCUT2D eigenvalue weighted by atomic mass is 9.95. The Kier molecular flexibility index (Phi) is 3.43. The SMILES string of the molecule is CNc1nnc(-c2cc(C)c(C=O)c(C)c2C)s1. The zero-order valence-electron chi connectivity index (χ0n) is 10.9. The predicted octanol–water partition coefficient (Wildman–Crippen LogP) is 2.98. The van der Waals surface area contributed by atoms with Crippen molar-refractivity contribution < 1.29 is 4.79 Å². The van der Waals surface area contributed by atoms with Crippen LogP contribution in [0.15, 0.2) is 6.07 Å². The highest BCUT2D eigenvalue weighted by Gasteiger charge is 2.14. The van der Waals surface area contributed by atoms with Gasteiger partial charge in [0.25, 0.3) is 0 Å². The number of benzene rings is 1. The lowest BCUT2D eigenvalue weighted by molar-refractivity contribution is 0.112. The van der Waals surface area contributed by atoms with Crippen molar-refractivity contribution in [2.45, 2.75) is 20.8 Å². The van der Waals surface area contributed by atoms with E-state index in [0.717, 1.165) is 44.2 Å². The van der Waals surface area contributed by atoms with Gasteiger partial charge in [-0.05, 0) is 43.5 Å². The highest BCUT2D eigenvalue weighted by molar-refractivity contribution is 7.18. The molecule has 0 aliphatic carbocycles. The fourth-order valence-corrected chi connectivity index (χ4v) is 2.71. The third-order valence-electron chi connectivity index (χ3n) is 3.14. The number of carbonyl (C=O) groups is 1. The molecule has 2 rings (SSSR count). The molecule has 18 heavy (non-hydrogen) atoms. The molecular weight excluding hydrogens is 246 g/mol. The molecule has 4 nitrogen and oxygen atoms in total. The molecule has 0 saturated heterocycles. The maximum Gasteiger partial charge on any atom is 0.205 e. The minimum absolute atomic E-state index is 0.773. The van der Waals surface area contributed by atoms with Crippen molar-refractivity contribution in [3.8, 4) is 10.6 Å². The van der Waals surface area contributed by atoms with Gasteiger partial charge in [0, 0.05) is 18.2 Å². The highest BCUT2D eigenvalue weighted by Crippen LogP contribution is 2.32. The van der Waals surface area contributed by atoms with E-state index in [1.807, 2.05) is 33.9 Å². The van der Waals surface area contributed by atoms with Crippen molar-refractivity contribution in [2.24, 2.45) is 0 Å². The summed E-state index contributed by atoms with van der Waals surface area (Å²) in [5, 5.41) is 12.9. The van der Waals surface area contributed by atoms with E-state index < -0.39 is 0 Å². The number of anilines is 1. The molecule has 0 aliphatic heterocycles. The monoisotopic (exact) mass is 261 g/mol. The lowest BCUT2D eigenvalue weighted by Gasteiger charge is -2.11. The van der Waals surface area contributed by atoms with Crippen molar-refractivity contribution >= 4 is 22.8 Å². The maximum atomic E-state index is 11.1. The summed E-state index contributed by atoms with van der Waals surface area (Å²) in [4.78, 5) is 11.1. The zero-order valence-corrected chi connectivity index (χ0v) is 11.7. The summed E-state index contributed by atoms with van der Waals surface area (Å²) >= 11 is 1.51. The van der Waals surface area contributed by atoms with Crippen LogP contribution in [0.2, 0.25) is 0 Å². The second kappa shape index (κ2) is 4.86. The van der Waals surface area contributed by atoms with Crippen LogP contribution in [-0.4, -0.2) is 23.5 Å². The Morgan fingerprint density at radius 2 is 1.94 bits per heavy atom. The molecule has 1 aromatic carbocycles. The molecule has 1 heterocycles. The maximum absolute atomic E-state index is 11.1. The Balaban J connectivity index is 2.61. The van der Waals surface area contributed by atoms with Gasteiger partial charge in [0.1, 0.15) is 5.01 Å². The van der Waals surface area contributed by atoms with E-state index in [-0.39, 0.29) is 0 Å². The van der Waals surface area contributed by atoms with Gasteiger partial charge in [0.2, 0.25) is 5.13 Å². The molecule has 94 valence electrons. The number of aromatic nitrogens is 2. The van der Waals surface area contributed by atoms with E-state index >= 15 is 0 Å². The number of hydrogen-bond donors (Lipinski definition) is 1. The summed E-state index contributed by atoms with van der Waals surface area (Å²) in [7, 11) is 1.82. The Bertz CT molecular complexity index is 605. The van der Waals surface area contributed by atoms with Crippen molar-refractivity contribution in [3.05, 3.63) is 28.3 Å². The molecule has 0 spiro atoms. The van der Waals surface area contributed by atoms with Crippen molar-refractivity contribution in [2.75, 3.05) is 12.4 Å². The van der Waals surface area contributed by atoms with Crippen molar-refractivity contribution in [1.82, 2.24) is 10.2 Å². The van der Waals surface area contributed by atoms with Crippen LogP contribution < -0.4 is 5.32 Å². The normalized spacial score (nSPS) is 10.4. The molecule has 2 aromatic rings. The van der Waals surface area contributed by atoms with Crippen LogP contribution in [0.1, 0.15) is 27.0 Å². The first-order valence-corrected chi connectivity index (χ1v) is 6.47. The summed E-state index contributed by atoms with van der Waals surface area (Å²) in [5.41, 5.74) is 4.90. The van der Waals surface area contributed by atoms with Gasteiger partial charge in [-0.2, -0.15) is 0 Å². The van der Waals surface area contributed by atoms with E-state index in [2.05, 4.69) is 15.5 Å². The summed E-state index contributed by atoms with van der Waals surface area (Å²) in [6.07, 6.45) is 0.917. The Hall–Kier alpha value is -1.75. The first kappa shape index (κ1) is 12.7. The Morgan fingerprint density at radius 1 is 1.22 bits per heavy atom. The third-order valence-corrected chi connectivity index (χ3v) is 4.12. The lowest BCUT2D eigenvalue weighted by Crippen LogP contribution is -1.97. The number of rotatable bonds is 3. The summed E-state index contributed by atoms with van der Waals surface area (Å²) in [6.45, 7) is 5.92. The largest absolute Gasteiger partial charge is 0.363 e. The fourth-order valence-electron chi connectivity index (χ4n) is 1.94. The van der Waals surface area contributed by atoms with Gasteiger partial charge in [-0.3, -0.25) is 4.79 Å². The van der Waals surface area contributed by atoms with Crippen LogP contribution in [0.5, 0.6) is 0 Å². The molecule has 0 amide bonds. The summed E-state index contributed by atoms with van der Waals surface area (Å²) < 4.78 is 0. The van der Waals surface area contributed by atoms with Gasteiger partial charge < -0.3 is 5.32 Å². The van der Waals surface area contributed by atoms with Gasteiger partial charge in [-0.1, -0.05) is 11.3 Å². The van der Waals surface area contributed by atoms with E-state index in [9.17, 15) is 4.79 Å². The average molecular weight is 261 g/mol. The zero-order chi connectivity index (χ0) is 13.3. The van der Waals surface area contributed by atoms with E-state index in [1.54, 1.807) is 0 Å². The smallest absolute Gasteiger partial charge is 0.205 e. The van der Waals surface area contributed by atoms with E-state index in [4.69, 9.17) is 0 Å². The molecule has 5 heteroatoms. The van der Waals surface area contributed by atoms with Crippen LogP contribution in [-0.2, 0) is 0 Å². The number of carbonyl (C=O) groups excluding carboxylic acids is 1. The van der Waals surface area contributed by atoms with Gasteiger partial charge in [0.15, 0.2) is 6.29 Å². The number of aldehydes is 1. The minimum Gasteiger partial charge on any atom is -0.363 e. The second-order valence-corrected chi connectivity index (χ2v) is 5.16. The standard InChI is InChI=1S/C13H15N3OS/c1-7-5-10(8(2)9(3)11(7)6-17)12-15-16-13(14-4)18-12/h5-6H,1-4H3,(H,14,16). The molecule has 1 aromatic heterocycles. The van der Waals surface area contributed by atoms with Gasteiger partial charge in [-0.25, -0.2) is 0 Å². The van der Waals surface area contributed by atoms with Crippen molar-refractivity contribution in [3.63, 3.8) is 0 Å². The number of nitrogens with one attached hydrogen (secondary N) is 1. The molecule has 0 saturated carbocycles. The van der Waals surface area contributed by atoms with Crippen molar-refractivity contribution in [1.29, 1.82) is 0 Å². The molecule has 0 bridgehead atoms. The fraction of sp³-hybridized carbons (Fsp3) is 0.308. The Labute approximate surface area is 110 Å². The highest BCUT2D eigenvalue weighted by atomic mass is 32.1. The topological polar surface area (TPSA) is 54.9 Å². The summed E-state index contributed by atoms with van der Waals surface area (Å²) in [6, 6.07) is 2.01. The first-order valence-electron chi connectivity index (χ1n) is 5.66. The number of nitrogens with zero attached hydrogens (tertiary/aromatic N) is 2. The third kappa shape index (κ3) is 2.01. The van der Waals surface area contributed by atoms with E-state index in [1.165, 1.54) is 11.3 Å². The Morgan fingerprint density at radius 3 is 2.50 bits per heavy atom. The second-order valence-electron chi connectivity index (χ2n) is 4.18. The quantitative estimate of drug-likeness (QED) is 0.863. The molecular formula is C13H15N3OS. The first-order chi connectivity index (χ1) is 8.58. The average Bonchev–Trinajstić information content (AvgIpc) is 2.83. The number of hydrogen-bond acceptors (Lipinski definition) is 5. The molecule has 0 fully saturated rings. The molecule has 0 unspecified atom stereocenters. The minimum atomic E-state index is 0.773. The van der Waals surface area contributed by atoms with Gasteiger partial charge >= 0.3 is 0 Å². The van der Waals surface area contributed by atoms with Gasteiger partial charge in [-0.15, -0.1) is 10.2 Å². The molecule has 0 atom stereocenters. The summed E-state index contributed by atoms with van der Waals surface area (Å²) in [5.74, 6) is 0. The molecule has 0 radical (unpaired) electrons. The van der Waals surface area contributed by atoms with Crippen LogP contribution in [0.4, 0.5) is 5.13 Å². The number of aryl methyl sites for hydroxylation is 1.